The average molecular weight is 381 g/mol. The summed E-state index contributed by atoms with van der Waals surface area (Å²) in [5, 5.41) is 3.98. The summed E-state index contributed by atoms with van der Waals surface area (Å²) >= 11 is 1.17. The van der Waals surface area contributed by atoms with Gasteiger partial charge in [-0.05, 0) is 24.8 Å². The van der Waals surface area contributed by atoms with Crippen molar-refractivity contribution in [1.82, 2.24) is 5.32 Å². The zero-order valence-electron chi connectivity index (χ0n) is 14.8. The van der Waals surface area contributed by atoms with E-state index >= 15 is 0 Å². The quantitative estimate of drug-likeness (QED) is 0.378. The molecule has 1 N–H and O–H groups in total. The first-order valence-electron chi connectivity index (χ1n) is 8.15. The predicted molar refractivity (Wildman–Crippen MR) is 98.4 cm³/mol. The van der Waals surface area contributed by atoms with E-state index in [2.05, 4.69) is 5.32 Å². The summed E-state index contributed by atoms with van der Waals surface area (Å²) in [6.45, 7) is 3.96. The van der Waals surface area contributed by atoms with Crippen LogP contribution in [-0.4, -0.2) is 43.0 Å². The van der Waals surface area contributed by atoms with E-state index in [1.165, 1.54) is 23.2 Å². The molecule has 0 bridgehead atoms. The van der Waals surface area contributed by atoms with Crippen LogP contribution < -0.4 is 5.32 Å². The van der Waals surface area contributed by atoms with Crippen LogP contribution in [0.25, 0.3) is 0 Å². The fraction of sp³-hybridized carbons (Fsp3) is 0.389. The van der Waals surface area contributed by atoms with Crippen molar-refractivity contribution < 1.29 is 28.6 Å². The van der Waals surface area contributed by atoms with Crippen LogP contribution in [0, 0.1) is 0 Å². The van der Waals surface area contributed by atoms with Crippen LogP contribution in [0.5, 0.6) is 0 Å². The molecule has 0 fully saturated rings. The van der Waals surface area contributed by atoms with Gasteiger partial charge in [0.25, 0.3) is 0 Å². The van der Waals surface area contributed by atoms with Crippen molar-refractivity contribution in [2.75, 3.05) is 19.0 Å². The zero-order valence-corrected chi connectivity index (χ0v) is 15.6. The number of carbonyl (C=O) groups is 3. The van der Waals surface area contributed by atoms with Crippen molar-refractivity contribution >= 4 is 29.8 Å². The smallest absolute Gasteiger partial charge is 0.408 e. The van der Waals surface area contributed by atoms with Crippen LogP contribution in [0.2, 0.25) is 0 Å². The molecule has 0 heterocycles. The minimum absolute atomic E-state index is 0.0954. The Balaban J connectivity index is 2.50. The van der Waals surface area contributed by atoms with Gasteiger partial charge in [0.15, 0.2) is 0 Å². The Morgan fingerprint density at radius 1 is 1.08 bits per heavy atom. The molecule has 0 saturated carbocycles. The molecule has 1 aromatic rings. The number of thioether (sulfide) groups is 1. The number of ether oxygens (including phenoxy) is 3. The number of benzene rings is 1. The molecule has 0 aromatic heterocycles. The van der Waals surface area contributed by atoms with E-state index in [-0.39, 0.29) is 25.6 Å². The maximum atomic E-state index is 12.0. The Labute approximate surface area is 157 Å². The molecule has 0 spiro atoms. The third-order valence-corrected chi connectivity index (χ3v) is 3.78. The van der Waals surface area contributed by atoms with Gasteiger partial charge in [0.05, 0.1) is 13.2 Å². The highest BCUT2D eigenvalue weighted by Crippen LogP contribution is 2.08. The Morgan fingerprint density at radius 2 is 1.77 bits per heavy atom. The Kier molecular flexibility index (Phi) is 10.6. The summed E-state index contributed by atoms with van der Waals surface area (Å²) in [5.74, 6) is -0.848. The van der Waals surface area contributed by atoms with Gasteiger partial charge in [-0.2, -0.15) is 0 Å². The minimum Gasteiger partial charge on any atom is -0.464 e. The highest BCUT2D eigenvalue weighted by molar-refractivity contribution is 8.02. The fourth-order valence-electron chi connectivity index (χ4n) is 1.76. The summed E-state index contributed by atoms with van der Waals surface area (Å²) in [6.07, 6.45) is 0.534. The molecule has 8 heteroatoms. The highest BCUT2D eigenvalue weighted by atomic mass is 32.2. The third kappa shape index (κ3) is 9.12. The van der Waals surface area contributed by atoms with Gasteiger partial charge in [0.1, 0.15) is 12.6 Å². The molecule has 1 aromatic carbocycles. The van der Waals surface area contributed by atoms with Gasteiger partial charge in [-0.15, -0.1) is 11.8 Å². The summed E-state index contributed by atoms with van der Waals surface area (Å²) in [5.41, 5.74) is 0.835. The Bertz CT molecular complexity index is 605. The lowest BCUT2D eigenvalue weighted by atomic mass is 10.2. The number of carbonyl (C=O) groups excluding carboxylic acids is 3. The number of amides is 1. The molecule has 0 unspecified atom stereocenters. The monoisotopic (exact) mass is 381 g/mol. The summed E-state index contributed by atoms with van der Waals surface area (Å²) in [6, 6.07) is 8.30. The average Bonchev–Trinajstić information content (AvgIpc) is 2.63. The summed E-state index contributed by atoms with van der Waals surface area (Å²) in [4.78, 5) is 35.1. The lowest BCUT2D eigenvalue weighted by Gasteiger charge is -2.16. The van der Waals surface area contributed by atoms with Gasteiger partial charge < -0.3 is 19.5 Å². The molecule has 1 rings (SSSR count). The normalized spacial score (nSPS) is 11.6. The summed E-state index contributed by atoms with van der Waals surface area (Å²) in [7, 11) is 0. The van der Waals surface area contributed by atoms with Crippen molar-refractivity contribution in [3.8, 4) is 0 Å². The van der Waals surface area contributed by atoms with Crippen molar-refractivity contribution in [3.63, 3.8) is 0 Å². The molecule has 0 aliphatic carbocycles. The first-order valence-corrected chi connectivity index (χ1v) is 9.20. The SMILES string of the molecule is CCOC(=O)/C=C\SC[C@H](NC(=O)OCc1ccccc1)C(=O)OCC. The largest absolute Gasteiger partial charge is 0.464 e. The second-order valence-corrected chi connectivity index (χ2v) is 5.84. The second-order valence-electron chi connectivity index (χ2n) is 4.90. The Hall–Kier alpha value is -2.48. The zero-order chi connectivity index (χ0) is 19.2. The van der Waals surface area contributed by atoms with Crippen LogP contribution in [0.15, 0.2) is 41.8 Å². The van der Waals surface area contributed by atoms with Crippen LogP contribution in [0.4, 0.5) is 4.79 Å². The van der Waals surface area contributed by atoms with E-state index in [9.17, 15) is 14.4 Å². The molecule has 0 radical (unpaired) electrons. The third-order valence-electron chi connectivity index (χ3n) is 2.93. The maximum Gasteiger partial charge on any atom is 0.408 e. The number of hydrogen-bond acceptors (Lipinski definition) is 7. The highest BCUT2D eigenvalue weighted by Gasteiger charge is 2.22. The first kappa shape index (κ1) is 21.6. The van der Waals surface area contributed by atoms with Gasteiger partial charge in [0.2, 0.25) is 0 Å². The molecule has 142 valence electrons. The molecular weight excluding hydrogens is 358 g/mol. The maximum absolute atomic E-state index is 12.0. The number of rotatable bonds is 10. The van der Waals surface area contributed by atoms with Gasteiger partial charge in [0, 0.05) is 11.8 Å². The lowest BCUT2D eigenvalue weighted by Crippen LogP contribution is -2.43. The standard InChI is InChI=1S/C18H23NO6S/c1-3-23-16(20)10-11-26-13-15(17(21)24-4-2)19-18(22)25-12-14-8-6-5-7-9-14/h5-11,15H,3-4,12-13H2,1-2H3,(H,19,22)/b11-10-/t15-/m0/s1. The lowest BCUT2D eigenvalue weighted by molar-refractivity contribution is -0.144. The molecule has 0 aliphatic heterocycles. The van der Waals surface area contributed by atoms with Gasteiger partial charge in [-0.25, -0.2) is 14.4 Å². The molecule has 7 nitrogen and oxygen atoms in total. The van der Waals surface area contributed by atoms with Gasteiger partial charge >= 0.3 is 18.0 Å². The molecule has 1 amide bonds. The number of esters is 2. The van der Waals surface area contributed by atoms with Crippen molar-refractivity contribution in [3.05, 3.63) is 47.4 Å². The van der Waals surface area contributed by atoms with Crippen LogP contribution >= 0.6 is 11.8 Å². The van der Waals surface area contributed by atoms with Gasteiger partial charge in [-0.3, -0.25) is 0 Å². The van der Waals surface area contributed by atoms with Crippen LogP contribution in [0.1, 0.15) is 19.4 Å². The molecule has 1 atom stereocenters. The number of nitrogens with one attached hydrogen (secondary N) is 1. The molecular formula is C18H23NO6S. The predicted octanol–water partition coefficient (Wildman–Crippen LogP) is 2.65. The number of alkyl carbamates (subject to hydrolysis) is 1. The van der Waals surface area contributed by atoms with Crippen LogP contribution in [0.3, 0.4) is 0 Å². The fourth-order valence-corrected chi connectivity index (χ4v) is 2.49. The van der Waals surface area contributed by atoms with Crippen molar-refractivity contribution in [2.45, 2.75) is 26.5 Å². The summed E-state index contributed by atoms with van der Waals surface area (Å²) < 4.78 is 14.8. The van der Waals surface area contributed by atoms with E-state index in [4.69, 9.17) is 14.2 Å². The van der Waals surface area contributed by atoms with E-state index in [1.807, 2.05) is 30.3 Å². The molecule has 0 aliphatic rings. The van der Waals surface area contributed by atoms with Crippen molar-refractivity contribution in [2.24, 2.45) is 0 Å². The van der Waals surface area contributed by atoms with E-state index in [1.54, 1.807) is 13.8 Å². The molecule has 0 saturated heterocycles. The first-order chi connectivity index (χ1) is 12.6. The van der Waals surface area contributed by atoms with E-state index in [0.29, 0.717) is 0 Å². The van der Waals surface area contributed by atoms with Gasteiger partial charge in [-0.1, -0.05) is 30.3 Å². The van der Waals surface area contributed by atoms with E-state index < -0.39 is 24.1 Å². The minimum atomic E-state index is -0.893. The van der Waals surface area contributed by atoms with Crippen molar-refractivity contribution in [1.29, 1.82) is 0 Å². The number of hydrogen-bond donors (Lipinski definition) is 1. The second kappa shape index (κ2) is 12.8. The Morgan fingerprint density at radius 3 is 2.42 bits per heavy atom. The van der Waals surface area contributed by atoms with Crippen LogP contribution in [-0.2, 0) is 30.4 Å². The topological polar surface area (TPSA) is 90.9 Å². The molecule has 26 heavy (non-hydrogen) atoms. The van der Waals surface area contributed by atoms with E-state index in [0.717, 1.165) is 5.56 Å².